The predicted molar refractivity (Wildman–Crippen MR) is 133 cm³/mol. The van der Waals surface area contributed by atoms with Gasteiger partial charge >= 0.3 is 0 Å². The smallest absolute Gasteiger partial charge is 0.194 e. The number of fused-ring (bicyclic) bond motifs is 1. The Hall–Kier alpha value is -3.69. The summed E-state index contributed by atoms with van der Waals surface area (Å²) in [5.74, 6) is -4.11. The molecular formula is C25H21F3N6O4S. The molecule has 14 heteroatoms. The number of aliphatic hydroxyl groups excluding tert-OH is 3. The molecule has 1 saturated heterocycles. The van der Waals surface area contributed by atoms with Gasteiger partial charge in [0, 0.05) is 11.8 Å². The van der Waals surface area contributed by atoms with E-state index in [-0.39, 0.29) is 17.0 Å². The maximum Gasteiger partial charge on any atom is 0.194 e. The van der Waals surface area contributed by atoms with E-state index < -0.39 is 54.5 Å². The fraction of sp³-hybridized carbons (Fsp3) is 0.280. The lowest BCUT2D eigenvalue weighted by molar-refractivity contribution is -0.210. The minimum absolute atomic E-state index is 0.0115. The molecule has 5 aromatic rings. The van der Waals surface area contributed by atoms with Crippen LogP contribution in [0.2, 0.25) is 0 Å². The van der Waals surface area contributed by atoms with Crippen LogP contribution >= 0.6 is 11.3 Å². The number of aliphatic hydroxyl groups is 3. The molecule has 4 heterocycles. The maximum atomic E-state index is 13.8. The van der Waals surface area contributed by atoms with Gasteiger partial charge in [-0.15, -0.1) is 11.3 Å². The molecule has 10 nitrogen and oxygen atoms in total. The molecule has 1 aliphatic heterocycles. The van der Waals surface area contributed by atoms with E-state index in [0.29, 0.717) is 5.69 Å². The maximum absolute atomic E-state index is 13.8. The van der Waals surface area contributed by atoms with Crippen LogP contribution in [0.1, 0.15) is 23.0 Å². The molecule has 0 amide bonds. The Morgan fingerprint density at radius 2 is 1.79 bits per heavy atom. The van der Waals surface area contributed by atoms with Crippen LogP contribution in [0.15, 0.2) is 49.1 Å². The molecule has 3 N–H and O–H groups in total. The van der Waals surface area contributed by atoms with Crippen molar-refractivity contribution in [1.82, 2.24) is 29.5 Å². The van der Waals surface area contributed by atoms with E-state index >= 15 is 0 Å². The standard InChI is InChI=1S/C25H21F3N6O4S/c1-11-32-17-3-2-14(6-19(17)39-11)34-25(29-10-31-34)24-23(37)21(22(36)18(9-35)38-24)33-8-13(7-30-33)12-4-15(26)20(28)16(27)5-12/h2-8,10,18,21-24,35-37H,9H2,1H3/t18?,21-,22-,23?,24+/m0/s1. The van der Waals surface area contributed by atoms with Crippen molar-refractivity contribution in [1.29, 1.82) is 0 Å². The molecular weight excluding hydrogens is 537 g/mol. The average molecular weight is 559 g/mol. The first kappa shape index (κ1) is 25.6. The van der Waals surface area contributed by atoms with Crippen LogP contribution in [0.3, 0.4) is 0 Å². The molecule has 0 bridgehead atoms. The summed E-state index contributed by atoms with van der Waals surface area (Å²) in [7, 11) is 0. The summed E-state index contributed by atoms with van der Waals surface area (Å²) in [6.07, 6.45) is -1.22. The fourth-order valence-electron chi connectivity index (χ4n) is 4.80. The van der Waals surface area contributed by atoms with Gasteiger partial charge in [-0.25, -0.2) is 27.8 Å². The lowest BCUT2D eigenvalue weighted by atomic mass is 9.92. The highest BCUT2D eigenvalue weighted by atomic mass is 32.1. The first-order valence-electron chi connectivity index (χ1n) is 11.8. The molecule has 3 aromatic heterocycles. The summed E-state index contributed by atoms with van der Waals surface area (Å²) < 4.78 is 50.5. The number of aryl methyl sites for hydroxylation is 1. The Morgan fingerprint density at radius 3 is 2.54 bits per heavy atom. The van der Waals surface area contributed by atoms with Crippen LogP contribution in [-0.2, 0) is 4.74 Å². The summed E-state index contributed by atoms with van der Waals surface area (Å²) in [5, 5.41) is 41.7. The quantitative estimate of drug-likeness (QED) is 0.281. The van der Waals surface area contributed by atoms with Gasteiger partial charge in [0.25, 0.3) is 0 Å². The molecule has 2 unspecified atom stereocenters. The van der Waals surface area contributed by atoms with Crippen molar-refractivity contribution in [2.75, 3.05) is 6.61 Å². The number of ether oxygens (including phenoxy) is 1. The largest absolute Gasteiger partial charge is 0.394 e. The highest BCUT2D eigenvalue weighted by Crippen LogP contribution is 2.39. The lowest BCUT2D eigenvalue weighted by Gasteiger charge is -2.41. The van der Waals surface area contributed by atoms with Gasteiger partial charge < -0.3 is 20.1 Å². The summed E-state index contributed by atoms with van der Waals surface area (Å²) in [4.78, 5) is 8.75. The monoisotopic (exact) mass is 558 g/mol. The normalized spacial score (nSPS) is 23.5. The Kier molecular flexibility index (Phi) is 6.43. The van der Waals surface area contributed by atoms with Gasteiger partial charge in [-0.1, -0.05) is 0 Å². The zero-order chi connectivity index (χ0) is 27.4. The average Bonchev–Trinajstić information content (AvgIpc) is 3.66. The van der Waals surface area contributed by atoms with Crippen LogP contribution < -0.4 is 0 Å². The van der Waals surface area contributed by atoms with Gasteiger partial charge in [0.1, 0.15) is 36.8 Å². The SMILES string of the molecule is Cc1nc2ccc(-n3ncnc3[C@@H]3OC(CO)[C@H](O)[C@H](n4cc(-c5cc(F)c(F)c(F)c5)cn4)C3O)cc2s1. The van der Waals surface area contributed by atoms with Crippen molar-refractivity contribution in [3.8, 4) is 16.8 Å². The summed E-state index contributed by atoms with van der Waals surface area (Å²) in [6.45, 7) is 1.32. The number of benzene rings is 2. The zero-order valence-electron chi connectivity index (χ0n) is 20.2. The molecule has 0 radical (unpaired) electrons. The number of halogens is 3. The van der Waals surface area contributed by atoms with Crippen LogP contribution in [0.25, 0.3) is 27.0 Å². The second-order valence-electron chi connectivity index (χ2n) is 9.13. The van der Waals surface area contributed by atoms with E-state index in [1.807, 2.05) is 19.1 Å². The second-order valence-corrected chi connectivity index (χ2v) is 10.4. The van der Waals surface area contributed by atoms with Gasteiger partial charge in [-0.2, -0.15) is 10.2 Å². The highest BCUT2D eigenvalue weighted by molar-refractivity contribution is 7.18. The second kappa shape index (κ2) is 9.81. The molecule has 0 saturated carbocycles. The van der Waals surface area contributed by atoms with Gasteiger partial charge in [-0.05, 0) is 42.8 Å². The summed E-state index contributed by atoms with van der Waals surface area (Å²) in [6, 6.07) is 6.00. The number of rotatable bonds is 5. The van der Waals surface area contributed by atoms with E-state index in [9.17, 15) is 28.5 Å². The van der Waals surface area contributed by atoms with Crippen molar-refractivity contribution < 1.29 is 33.2 Å². The highest BCUT2D eigenvalue weighted by Gasteiger charge is 2.48. The van der Waals surface area contributed by atoms with E-state index in [1.165, 1.54) is 39.4 Å². The molecule has 1 aliphatic rings. The topological polar surface area (TPSA) is 131 Å². The van der Waals surface area contributed by atoms with Crippen molar-refractivity contribution in [3.63, 3.8) is 0 Å². The van der Waals surface area contributed by atoms with E-state index in [1.54, 1.807) is 6.07 Å². The third-order valence-electron chi connectivity index (χ3n) is 6.67. The van der Waals surface area contributed by atoms with Crippen LogP contribution in [0.4, 0.5) is 13.2 Å². The van der Waals surface area contributed by atoms with E-state index in [4.69, 9.17) is 4.74 Å². The minimum Gasteiger partial charge on any atom is -0.394 e. The number of nitrogens with zero attached hydrogens (tertiary/aromatic N) is 6. The molecule has 2 aromatic carbocycles. The van der Waals surface area contributed by atoms with Crippen LogP contribution in [0, 0.1) is 24.4 Å². The third-order valence-corrected chi connectivity index (χ3v) is 7.60. The van der Waals surface area contributed by atoms with Gasteiger partial charge in [0.05, 0.1) is 33.7 Å². The summed E-state index contributed by atoms with van der Waals surface area (Å²) in [5.41, 5.74) is 1.69. The Morgan fingerprint density at radius 1 is 1.03 bits per heavy atom. The lowest BCUT2D eigenvalue weighted by Crippen LogP contribution is -2.53. The molecule has 6 rings (SSSR count). The summed E-state index contributed by atoms with van der Waals surface area (Å²) >= 11 is 1.51. The third kappa shape index (κ3) is 4.39. The van der Waals surface area contributed by atoms with Crippen molar-refractivity contribution in [2.24, 2.45) is 0 Å². The number of aromatic nitrogens is 6. The van der Waals surface area contributed by atoms with Crippen molar-refractivity contribution in [2.45, 2.75) is 37.4 Å². The fourth-order valence-corrected chi connectivity index (χ4v) is 5.66. The minimum atomic E-state index is -1.59. The Labute approximate surface area is 222 Å². The number of thiazole rings is 1. The number of hydrogen-bond donors (Lipinski definition) is 3. The van der Waals surface area contributed by atoms with Gasteiger partial charge in [0.2, 0.25) is 0 Å². The molecule has 202 valence electrons. The van der Waals surface area contributed by atoms with E-state index in [2.05, 4.69) is 20.2 Å². The predicted octanol–water partition coefficient (Wildman–Crippen LogP) is 2.86. The number of hydrogen-bond acceptors (Lipinski definition) is 9. The van der Waals surface area contributed by atoms with Gasteiger partial charge in [-0.3, -0.25) is 4.68 Å². The molecule has 0 aliphatic carbocycles. The zero-order valence-corrected chi connectivity index (χ0v) is 21.0. The van der Waals surface area contributed by atoms with Crippen LogP contribution in [-0.4, -0.2) is 69.8 Å². The van der Waals surface area contributed by atoms with Crippen molar-refractivity contribution in [3.05, 3.63) is 77.3 Å². The molecule has 39 heavy (non-hydrogen) atoms. The van der Waals surface area contributed by atoms with Crippen LogP contribution in [0.5, 0.6) is 0 Å². The Bertz CT molecular complexity index is 1650. The molecule has 5 atom stereocenters. The Balaban J connectivity index is 1.36. The first-order chi connectivity index (χ1) is 18.7. The van der Waals surface area contributed by atoms with Gasteiger partial charge in [0.15, 0.2) is 23.3 Å². The molecule has 0 spiro atoms. The molecule has 1 fully saturated rings. The van der Waals surface area contributed by atoms with E-state index in [0.717, 1.165) is 27.4 Å². The van der Waals surface area contributed by atoms with Crippen molar-refractivity contribution >= 4 is 21.6 Å². The first-order valence-corrected chi connectivity index (χ1v) is 12.7.